The number of ether oxygens (including phenoxy) is 1. The van der Waals surface area contributed by atoms with E-state index in [1.807, 2.05) is 20.0 Å². The highest BCUT2D eigenvalue weighted by molar-refractivity contribution is 5.53. The number of pyridine rings is 1. The highest BCUT2D eigenvalue weighted by Gasteiger charge is 2.28. The summed E-state index contributed by atoms with van der Waals surface area (Å²) in [6.07, 6.45) is 10.1. The molecule has 3 saturated heterocycles. The van der Waals surface area contributed by atoms with Crippen LogP contribution in [0.4, 0.5) is 0 Å². The largest absolute Gasteiger partial charge is 0.489 e. The zero-order valence-electron chi connectivity index (χ0n) is 11.8. The highest BCUT2D eigenvalue weighted by atomic mass is 16.5. The Kier molecular flexibility index (Phi) is 3.45. The summed E-state index contributed by atoms with van der Waals surface area (Å²) in [5.74, 6) is 1.76. The maximum atomic E-state index is 5.70. The van der Waals surface area contributed by atoms with Gasteiger partial charge >= 0.3 is 0 Å². The molecule has 3 nitrogen and oxygen atoms in total. The van der Waals surface area contributed by atoms with Gasteiger partial charge in [-0.3, -0.25) is 4.98 Å². The molecule has 0 saturated carbocycles. The molecule has 1 aromatic rings. The molecular formula is C16H22N2O. The summed E-state index contributed by atoms with van der Waals surface area (Å²) in [4.78, 5) is 6.80. The minimum atomic E-state index is 0.194. The predicted octanol–water partition coefficient (Wildman–Crippen LogP) is 3.33. The molecule has 0 spiro atoms. The van der Waals surface area contributed by atoms with E-state index in [1.165, 1.54) is 38.0 Å². The summed E-state index contributed by atoms with van der Waals surface area (Å²) in [6.45, 7) is 6.53. The third kappa shape index (κ3) is 2.91. The lowest BCUT2D eigenvalue weighted by Gasteiger charge is -2.42. The van der Waals surface area contributed by atoms with Crippen LogP contribution in [-0.2, 0) is 0 Å². The van der Waals surface area contributed by atoms with Gasteiger partial charge < -0.3 is 9.64 Å². The van der Waals surface area contributed by atoms with Gasteiger partial charge in [-0.2, -0.15) is 0 Å². The van der Waals surface area contributed by atoms with Gasteiger partial charge in [-0.15, -0.1) is 0 Å². The molecule has 4 rings (SSSR count). The maximum Gasteiger partial charge on any atom is 0.138 e. The molecule has 0 aliphatic carbocycles. The highest BCUT2D eigenvalue weighted by Crippen LogP contribution is 2.35. The van der Waals surface area contributed by atoms with Crippen molar-refractivity contribution in [3.8, 4) is 5.75 Å². The molecule has 102 valence electrons. The number of hydrogen-bond acceptors (Lipinski definition) is 3. The third-order valence-corrected chi connectivity index (χ3v) is 3.96. The summed E-state index contributed by atoms with van der Waals surface area (Å²) in [7, 11) is 0. The van der Waals surface area contributed by atoms with Crippen molar-refractivity contribution in [2.24, 2.45) is 5.92 Å². The van der Waals surface area contributed by atoms with E-state index in [9.17, 15) is 0 Å². The Morgan fingerprint density at radius 1 is 1.32 bits per heavy atom. The lowest BCUT2D eigenvalue weighted by atomic mass is 9.85. The van der Waals surface area contributed by atoms with Crippen LogP contribution < -0.4 is 4.74 Å². The Morgan fingerprint density at radius 3 is 2.74 bits per heavy atom. The molecule has 19 heavy (non-hydrogen) atoms. The van der Waals surface area contributed by atoms with Crippen LogP contribution in [0.5, 0.6) is 5.75 Å². The monoisotopic (exact) mass is 258 g/mol. The Hall–Kier alpha value is -1.51. The first kappa shape index (κ1) is 12.5. The van der Waals surface area contributed by atoms with E-state index in [1.54, 1.807) is 6.20 Å². The van der Waals surface area contributed by atoms with Crippen molar-refractivity contribution in [3.63, 3.8) is 0 Å². The molecule has 0 atom stereocenters. The molecule has 3 heteroatoms. The van der Waals surface area contributed by atoms with E-state index < -0.39 is 0 Å². The fourth-order valence-electron chi connectivity index (χ4n) is 3.04. The molecule has 0 N–H and O–H groups in total. The van der Waals surface area contributed by atoms with Gasteiger partial charge in [-0.25, -0.2) is 0 Å². The lowest BCUT2D eigenvalue weighted by Crippen LogP contribution is -2.39. The van der Waals surface area contributed by atoms with Gasteiger partial charge in [0.15, 0.2) is 0 Å². The van der Waals surface area contributed by atoms with E-state index in [-0.39, 0.29) is 6.10 Å². The van der Waals surface area contributed by atoms with Crippen molar-refractivity contribution < 1.29 is 4.74 Å². The second-order valence-electron chi connectivity index (χ2n) is 5.89. The third-order valence-electron chi connectivity index (χ3n) is 3.96. The van der Waals surface area contributed by atoms with E-state index >= 15 is 0 Å². The van der Waals surface area contributed by atoms with Crippen LogP contribution in [0.1, 0.15) is 38.7 Å². The molecule has 2 bridgehead atoms. The number of hydrogen-bond donors (Lipinski definition) is 0. The van der Waals surface area contributed by atoms with E-state index in [0.717, 1.165) is 17.2 Å². The number of fused-ring (bicyclic) bond motifs is 3. The van der Waals surface area contributed by atoms with Crippen molar-refractivity contribution in [1.82, 2.24) is 9.88 Å². The van der Waals surface area contributed by atoms with Crippen LogP contribution in [0.15, 0.2) is 24.2 Å². The van der Waals surface area contributed by atoms with Crippen LogP contribution in [0.3, 0.4) is 0 Å². The van der Waals surface area contributed by atoms with Gasteiger partial charge in [0.1, 0.15) is 5.75 Å². The fourth-order valence-corrected chi connectivity index (χ4v) is 3.04. The number of aromatic nitrogens is 1. The standard InChI is InChI=1S/C16H22N2O/c1-12(2)19-16-9-14(10-17-11-16)8-15-7-13-3-5-18(15)6-4-13/h8-13H,3-7H2,1-2H3. The van der Waals surface area contributed by atoms with Crippen molar-refractivity contribution in [2.75, 3.05) is 13.1 Å². The Balaban J connectivity index is 1.79. The SMILES string of the molecule is CC(C)Oc1cncc(C=C2CC3CCN2CC3)c1. The molecule has 4 heterocycles. The fraction of sp³-hybridized carbons (Fsp3) is 0.562. The van der Waals surface area contributed by atoms with E-state index in [0.29, 0.717) is 0 Å². The first-order valence-corrected chi connectivity index (χ1v) is 7.28. The van der Waals surface area contributed by atoms with Crippen molar-refractivity contribution >= 4 is 6.08 Å². The average Bonchev–Trinajstić information content (AvgIpc) is 2.39. The van der Waals surface area contributed by atoms with Gasteiger partial charge in [0.05, 0.1) is 12.3 Å². The molecule has 0 radical (unpaired) electrons. The normalized spacial score (nSPS) is 21.4. The lowest BCUT2D eigenvalue weighted by molar-refractivity contribution is 0.162. The van der Waals surface area contributed by atoms with E-state index in [4.69, 9.17) is 4.74 Å². The van der Waals surface area contributed by atoms with Crippen LogP contribution in [0.2, 0.25) is 0 Å². The van der Waals surface area contributed by atoms with Crippen molar-refractivity contribution in [1.29, 1.82) is 0 Å². The Morgan fingerprint density at radius 2 is 2.11 bits per heavy atom. The second kappa shape index (κ2) is 5.24. The molecule has 0 amide bonds. The quantitative estimate of drug-likeness (QED) is 0.831. The predicted molar refractivity (Wildman–Crippen MR) is 76.9 cm³/mol. The van der Waals surface area contributed by atoms with Crippen LogP contribution in [0, 0.1) is 5.92 Å². The topological polar surface area (TPSA) is 25.4 Å². The van der Waals surface area contributed by atoms with Gasteiger partial charge in [-0.05, 0) is 56.7 Å². The van der Waals surface area contributed by atoms with Crippen molar-refractivity contribution in [2.45, 2.75) is 39.2 Å². The summed E-state index contributed by atoms with van der Waals surface area (Å²) >= 11 is 0. The first-order valence-electron chi connectivity index (χ1n) is 7.28. The molecule has 3 aliphatic rings. The van der Waals surface area contributed by atoms with E-state index in [2.05, 4.69) is 22.0 Å². The number of allylic oxidation sites excluding steroid dienone is 1. The minimum Gasteiger partial charge on any atom is -0.489 e. The van der Waals surface area contributed by atoms with Crippen LogP contribution >= 0.6 is 0 Å². The Bertz CT molecular complexity index is 473. The molecule has 1 aromatic heterocycles. The zero-order valence-corrected chi connectivity index (χ0v) is 11.8. The average molecular weight is 258 g/mol. The summed E-state index contributed by atoms with van der Waals surface area (Å²) < 4.78 is 5.70. The first-order chi connectivity index (χ1) is 9.20. The Labute approximate surface area is 115 Å². The van der Waals surface area contributed by atoms with Crippen molar-refractivity contribution in [3.05, 3.63) is 29.7 Å². The van der Waals surface area contributed by atoms with Gasteiger partial charge in [0.25, 0.3) is 0 Å². The van der Waals surface area contributed by atoms with Crippen LogP contribution in [0.25, 0.3) is 6.08 Å². The van der Waals surface area contributed by atoms with Gasteiger partial charge in [0, 0.05) is 25.0 Å². The maximum absolute atomic E-state index is 5.70. The molecule has 0 aromatic carbocycles. The summed E-state index contributed by atoms with van der Waals surface area (Å²) in [5, 5.41) is 0. The van der Waals surface area contributed by atoms with Crippen LogP contribution in [-0.4, -0.2) is 29.1 Å². The summed E-state index contributed by atoms with van der Waals surface area (Å²) in [5.41, 5.74) is 2.63. The summed E-state index contributed by atoms with van der Waals surface area (Å²) in [6, 6.07) is 2.09. The second-order valence-corrected chi connectivity index (χ2v) is 5.89. The number of piperidine rings is 3. The number of rotatable bonds is 3. The van der Waals surface area contributed by atoms with Gasteiger partial charge in [-0.1, -0.05) is 0 Å². The number of nitrogens with zero attached hydrogens (tertiary/aromatic N) is 2. The van der Waals surface area contributed by atoms with Gasteiger partial charge in [0.2, 0.25) is 0 Å². The molecule has 3 fully saturated rings. The minimum absolute atomic E-state index is 0.194. The molecule has 3 aliphatic heterocycles. The molecule has 0 unspecified atom stereocenters. The smallest absolute Gasteiger partial charge is 0.138 e. The molecular weight excluding hydrogens is 236 g/mol. The zero-order chi connectivity index (χ0) is 13.2.